The van der Waals surface area contributed by atoms with E-state index in [-0.39, 0.29) is 10.6 Å². The lowest BCUT2D eigenvalue weighted by molar-refractivity contribution is 0.102. The SMILES string of the molecule is O=C(Nc1ccc(-c2ccc(N3CCCCC3)nn2)cc1)c1c(F)cccc1Cl. The Morgan fingerprint density at radius 2 is 1.72 bits per heavy atom. The maximum Gasteiger partial charge on any atom is 0.260 e. The lowest BCUT2D eigenvalue weighted by Crippen LogP contribution is -2.30. The topological polar surface area (TPSA) is 58.1 Å². The maximum absolute atomic E-state index is 13.9. The highest BCUT2D eigenvalue weighted by Gasteiger charge is 2.16. The van der Waals surface area contributed by atoms with Gasteiger partial charge in [-0.05, 0) is 55.7 Å². The number of piperidine rings is 1. The molecule has 0 unspecified atom stereocenters. The fourth-order valence-electron chi connectivity index (χ4n) is 3.40. The average molecular weight is 411 g/mol. The van der Waals surface area contributed by atoms with E-state index in [4.69, 9.17) is 11.6 Å². The van der Waals surface area contributed by atoms with E-state index in [1.54, 1.807) is 12.1 Å². The van der Waals surface area contributed by atoms with Crippen molar-refractivity contribution in [3.05, 3.63) is 71.0 Å². The van der Waals surface area contributed by atoms with Crippen LogP contribution in [0.5, 0.6) is 0 Å². The monoisotopic (exact) mass is 410 g/mol. The molecule has 29 heavy (non-hydrogen) atoms. The summed E-state index contributed by atoms with van der Waals surface area (Å²) in [5.41, 5.74) is 2.00. The molecule has 0 saturated carbocycles. The third-order valence-corrected chi connectivity index (χ3v) is 5.27. The number of nitrogens with zero attached hydrogens (tertiary/aromatic N) is 3. The number of nitrogens with one attached hydrogen (secondary N) is 1. The molecule has 0 bridgehead atoms. The van der Waals surface area contributed by atoms with Crippen molar-refractivity contribution in [2.75, 3.05) is 23.3 Å². The molecule has 1 N–H and O–H groups in total. The Bertz CT molecular complexity index is 982. The van der Waals surface area contributed by atoms with Gasteiger partial charge in [-0.2, -0.15) is 0 Å². The number of carbonyl (C=O) groups is 1. The summed E-state index contributed by atoms with van der Waals surface area (Å²) in [5.74, 6) is -0.346. The van der Waals surface area contributed by atoms with E-state index in [2.05, 4.69) is 20.4 Å². The molecule has 2 heterocycles. The summed E-state index contributed by atoms with van der Waals surface area (Å²) in [7, 11) is 0. The number of hydrogen-bond donors (Lipinski definition) is 1. The maximum atomic E-state index is 13.9. The van der Waals surface area contributed by atoms with Gasteiger partial charge in [0.2, 0.25) is 0 Å². The lowest BCUT2D eigenvalue weighted by Gasteiger charge is -2.27. The van der Waals surface area contributed by atoms with Crippen molar-refractivity contribution in [2.45, 2.75) is 19.3 Å². The highest BCUT2D eigenvalue weighted by Crippen LogP contribution is 2.24. The molecule has 0 aliphatic carbocycles. The summed E-state index contributed by atoms with van der Waals surface area (Å²) in [6.45, 7) is 2.04. The molecule has 3 aromatic rings. The van der Waals surface area contributed by atoms with Crippen molar-refractivity contribution < 1.29 is 9.18 Å². The van der Waals surface area contributed by atoms with Gasteiger partial charge in [0.05, 0.1) is 16.3 Å². The van der Waals surface area contributed by atoms with Gasteiger partial charge in [0.15, 0.2) is 5.82 Å². The number of benzene rings is 2. The van der Waals surface area contributed by atoms with Gasteiger partial charge in [-0.25, -0.2) is 4.39 Å². The van der Waals surface area contributed by atoms with Crippen LogP contribution in [0.1, 0.15) is 29.6 Å². The highest BCUT2D eigenvalue weighted by atomic mass is 35.5. The van der Waals surface area contributed by atoms with Crippen molar-refractivity contribution in [3.8, 4) is 11.3 Å². The van der Waals surface area contributed by atoms with Crippen LogP contribution < -0.4 is 10.2 Å². The minimum absolute atomic E-state index is 0.0724. The van der Waals surface area contributed by atoms with Crippen molar-refractivity contribution in [3.63, 3.8) is 0 Å². The van der Waals surface area contributed by atoms with Gasteiger partial charge in [-0.1, -0.05) is 29.8 Å². The largest absolute Gasteiger partial charge is 0.355 e. The molecule has 1 saturated heterocycles. The van der Waals surface area contributed by atoms with E-state index >= 15 is 0 Å². The standard InChI is InChI=1S/C22H20ClFN4O/c23-17-5-4-6-18(24)21(17)22(29)25-16-9-7-15(8-10-16)19-11-12-20(27-26-19)28-13-2-1-3-14-28/h4-12H,1-3,13-14H2,(H,25,29). The Hall–Kier alpha value is -2.99. The first-order valence-electron chi connectivity index (χ1n) is 9.56. The zero-order chi connectivity index (χ0) is 20.2. The molecule has 7 heteroatoms. The fourth-order valence-corrected chi connectivity index (χ4v) is 3.65. The first-order chi connectivity index (χ1) is 14.1. The molecule has 0 atom stereocenters. The molecule has 2 aromatic carbocycles. The zero-order valence-corrected chi connectivity index (χ0v) is 16.5. The van der Waals surface area contributed by atoms with E-state index in [9.17, 15) is 9.18 Å². The third-order valence-electron chi connectivity index (χ3n) is 4.96. The summed E-state index contributed by atoms with van der Waals surface area (Å²) in [5, 5.41) is 11.4. The van der Waals surface area contributed by atoms with E-state index in [0.29, 0.717) is 5.69 Å². The molecule has 148 valence electrons. The van der Waals surface area contributed by atoms with E-state index in [1.165, 1.54) is 37.5 Å². The molecule has 1 aliphatic heterocycles. The predicted molar refractivity (Wildman–Crippen MR) is 113 cm³/mol. The molecule has 1 fully saturated rings. The molecule has 0 spiro atoms. The first-order valence-corrected chi connectivity index (χ1v) is 9.94. The molecular weight excluding hydrogens is 391 g/mol. The number of carbonyl (C=O) groups excluding carboxylic acids is 1. The summed E-state index contributed by atoms with van der Waals surface area (Å²) >= 11 is 5.95. The smallest absolute Gasteiger partial charge is 0.260 e. The van der Waals surface area contributed by atoms with Crippen LogP contribution in [0.4, 0.5) is 15.9 Å². The second-order valence-corrected chi connectivity index (χ2v) is 7.36. The zero-order valence-electron chi connectivity index (χ0n) is 15.7. The van der Waals surface area contributed by atoms with E-state index in [0.717, 1.165) is 30.2 Å². The van der Waals surface area contributed by atoms with Gasteiger partial charge in [0, 0.05) is 24.3 Å². The van der Waals surface area contributed by atoms with Gasteiger partial charge in [-0.3, -0.25) is 4.79 Å². The third kappa shape index (κ3) is 4.38. The van der Waals surface area contributed by atoms with Crippen LogP contribution in [0.3, 0.4) is 0 Å². The average Bonchev–Trinajstić information content (AvgIpc) is 2.75. The second kappa shape index (κ2) is 8.57. The summed E-state index contributed by atoms with van der Waals surface area (Å²) in [4.78, 5) is 14.6. The number of anilines is 2. The van der Waals surface area contributed by atoms with Crippen LogP contribution in [0.2, 0.25) is 5.02 Å². The Balaban J connectivity index is 1.46. The molecule has 1 aliphatic rings. The summed E-state index contributed by atoms with van der Waals surface area (Å²) in [6.07, 6.45) is 3.65. The number of hydrogen-bond acceptors (Lipinski definition) is 4. The quantitative estimate of drug-likeness (QED) is 0.644. The van der Waals surface area contributed by atoms with Gasteiger partial charge in [0.1, 0.15) is 5.82 Å². The predicted octanol–water partition coefficient (Wildman–Crippen LogP) is 5.18. The number of rotatable bonds is 4. The highest BCUT2D eigenvalue weighted by molar-refractivity contribution is 6.34. The number of aromatic nitrogens is 2. The van der Waals surface area contributed by atoms with E-state index in [1.807, 2.05) is 24.3 Å². The Morgan fingerprint density at radius 3 is 2.38 bits per heavy atom. The minimum atomic E-state index is -0.657. The van der Waals surface area contributed by atoms with Gasteiger partial charge in [0.25, 0.3) is 5.91 Å². The molecule has 1 aromatic heterocycles. The fraction of sp³-hybridized carbons (Fsp3) is 0.227. The van der Waals surface area contributed by atoms with Gasteiger partial charge >= 0.3 is 0 Å². The summed E-state index contributed by atoms with van der Waals surface area (Å²) < 4.78 is 13.9. The molecule has 4 rings (SSSR count). The van der Waals surface area contributed by atoms with Crippen LogP contribution in [-0.2, 0) is 0 Å². The Morgan fingerprint density at radius 1 is 0.966 bits per heavy atom. The van der Waals surface area contributed by atoms with Crippen molar-refractivity contribution in [1.29, 1.82) is 0 Å². The number of amides is 1. The Labute approximate surface area is 173 Å². The minimum Gasteiger partial charge on any atom is -0.355 e. The molecule has 5 nitrogen and oxygen atoms in total. The van der Waals surface area contributed by atoms with Crippen LogP contribution in [0, 0.1) is 5.82 Å². The molecule has 1 amide bonds. The van der Waals surface area contributed by atoms with Crippen LogP contribution in [-0.4, -0.2) is 29.2 Å². The Kier molecular flexibility index (Phi) is 5.71. The molecule has 0 radical (unpaired) electrons. The van der Waals surface area contributed by atoms with Crippen molar-refractivity contribution in [1.82, 2.24) is 10.2 Å². The van der Waals surface area contributed by atoms with Crippen LogP contribution in [0.15, 0.2) is 54.6 Å². The number of halogens is 2. The van der Waals surface area contributed by atoms with Crippen LogP contribution in [0.25, 0.3) is 11.3 Å². The normalized spacial score (nSPS) is 13.9. The molecular formula is C22H20ClFN4O. The lowest BCUT2D eigenvalue weighted by atomic mass is 10.1. The van der Waals surface area contributed by atoms with Gasteiger partial charge in [-0.15, -0.1) is 10.2 Å². The second-order valence-electron chi connectivity index (χ2n) is 6.95. The van der Waals surface area contributed by atoms with Crippen LogP contribution >= 0.6 is 11.6 Å². The van der Waals surface area contributed by atoms with E-state index < -0.39 is 11.7 Å². The first kappa shape index (κ1) is 19.3. The van der Waals surface area contributed by atoms with Crippen molar-refractivity contribution >= 4 is 29.0 Å². The van der Waals surface area contributed by atoms with Gasteiger partial charge < -0.3 is 10.2 Å². The summed E-state index contributed by atoms with van der Waals surface area (Å²) in [6, 6.07) is 15.2. The van der Waals surface area contributed by atoms with Crippen molar-refractivity contribution in [2.24, 2.45) is 0 Å².